The van der Waals surface area contributed by atoms with Crippen molar-refractivity contribution < 1.29 is 14.1 Å². The van der Waals surface area contributed by atoms with E-state index in [4.69, 9.17) is 4.42 Å². The fourth-order valence-corrected chi connectivity index (χ4v) is 4.41. The number of hydrogen-bond acceptors (Lipinski definition) is 5. The summed E-state index contributed by atoms with van der Waals surface area (Å²) in [5, 5.41) is 14.0. The van der Waals surface area contributed by atoms with Crippen molar-refractivity contribution in [2.24, 2.45) is 0 Å². The predicted octanol–water partition coefficient (Wildman–Crippen LogP) is 4.52. The highest BCUT2D eigenvalue weighted by Crippen LogP contribution is 2.34. The maximum Gasteiger partial charge on any atom is 0.287 e. The van der Waals surface area contributed by atoms with E-state index in [1.165, 1.54) is 12.1 Å². The van der Waals surface area contributed by atoms with Crippen molar-refractivity contribution in [3.8, 4) is 0 Å². The molecule has 0 spiro atoms. The normalized spacial score (nSPS) is 15.6. The van der Waals surface area contributed by atoms with Gasteiger partial charge in [-0.1, -0.05) is 42.5 Å². The van der Waals surface area contributed by atoms with E-state index in [1.54, 1.807) is 6.07 Å². The van der Waals surface area contributed by atoms with Gasteiger partial charge in [-0.3, -0.25) is 19.8 Å². The lowest BCUT2D eigenvalue weighted by atomic mass is 9.99. The molecule has 34 heavy (non-hydrogen) atoms. The zero-order valence-corrected chi connectivity index (χ0v) is 18.5. The Balaban J connectivity index is 1.32. The average molecular weight is 457 g/mol. The standard InChI is InChI=1S/C26H24N4O4/c31-26(27-17-19-5-2-1-3-6-19)24-13-12-22(34-24)18-29-16-15-28-14-4-7-23(28)25(29)20-8-10-21(11-9-20)30(32)33/h1-14,25H,15-18H2,(H,27,31). The molecule has 172 valence electrons. The lowest BCUT2D eigenvalue weighted by Gasteiger charge is -2.36. The molecule has 3 heterocycles. The third kappa shape index (κ3) is 4.49. The van der Waals surface area contributed by atoms with Crippen LogP contribution in [0.1, 0.15) is 39.2 Å². The van der Waals surface area contributed by atoms with E-state index < -0.39 is 4.92 Å². The molecule has 0 aliphatic carbocycles. The molecule has 1 amide bonds. The minimum Gasteiger partial charge on any atom is -0.455 e. The molecular weight excluding hydrogens is 432 g/mol. The van der Waals surface area contributed by atoms with Gasteiger partial charge in [0.1, 0.15) is 5.76 Å². The van der Waals surface area contributed by atoms with Gasteiger partial charge in [-0.05, 0) is 35.4 Å². The lowest BCUT2D eigenvalue weighted by molar-refractivity contribution is -0.384. The van der Waals surface area contributed by atoms with E-state index in [-0.39, 0.29) is 23.4 Å². The van der Waals surface area contributed by atoms with E-state index in [9.17, 15) is 14.9 Å². The van der Waals surface area contributed by atoms with Crippen LogP contribution in [0.3, 0.4) is 0 Å². The van der Waals surface area contributed by atoms with Crippen LogP contribution >= 0.6 is 0 Å². The number of fused-ring (bicyclic) bond motifs is 1. The molecule has 0 bridgehead atoms. The first-order valence-electron chi connectivity index (χ1n) is 11.1. The van der Waals surface area contributed by atoms with Crippen molar-refractivity contribution in [3.05, 3.63) is 124 Å². The molecule has 2 aromatic carbocycles. The molecule has 5 rings (SSSR count). The highest BCUT2D eigenvalue weighted by molar-refractivity contribution is 5.91. The van der Waals surface area contributed by atoms with Crippen LogP contribution in [0.4, 0.5) is 5.69 Å². The fourth-order valence-electron chi connectivity index (χ4n) is 4.41. The van der Waals surface area contributed by atoms with Crippen molar-refractivity contribution >= 4 is 11.6 Å². The Labute approximate surface area is 196 Å². The van der Waals surface area contributed by atoms with Crippen LogP contribution in [0.25, 0.3) is 0 Å². The first kappa shape index (κ1) is 21.7. The van der Waals surface area contributed by atoms with Gasteiger partial charge in [0, 0.05) is 43.7 Å². The average Bonchev–Trinajstić information content (AvgIpc) is 3.53. The Hall–Kier alpha value is -4.17. The summed E-state index contributed by atoms with van der Waals surface area (Å²) in [5.41, 5.74) is 3.17. The minimum absolute atomic E-state index is 0.0682. The number of nitrogens with zero attached hydrogens (tertiary/aromatic N) is 3. The molecule has 0 saturated carbocycles. The molecule has 8 nitrogen and oxygen atoms in total. The number of hydrogen-bond donors (Lipinski definition) is 1. The Morgan fingerprint density at radius 2 is 1.79 bits per heavy atom. The second-order valence-corrected chi connectivity index (χ2v) is 8.28. The van der Waals surface area contributed by atoms with E-state index in [0.717, 1.165) is 29.9 Å². The molecule has 1 aliphatic heterocycles. The first-order valence-corrected chi connectivity index (χ1v) is 11.1. The zero-order valence-electron chi connectivity index (χ0n) is 18.5. The van der Waals surface area contributed by atoms with Gasteiger partial charge in [-0.25, -0.2) is 0 Å². The van der Waals surface area contributed by atoms with Gasteiger partial charge < -0.3 is 14.3 Å². The van der Waals surface area contributed by atoms with E-state index in [0.29, 0.717) is 18.8 Å². The Morgan fingerprint density at radius 1 is 1.00 bits per heavy atom. The van der Waals surface area contributed by atoms with Crippen molar-refractivity contribution in [1.29, 1.82) is 0 Å². The summed E-state index contributed by atoms with van der Waals surface area (Å²) in [7, 11) is 0. The fraction of sp³-hybridized carbons (Fsp3) is 0.192. The highest BCUT2D eigenvalue weighted by atomic mass is 16.6. The van der Waals surface area contributed by atoms with E-state index in [1.807, 2.05) is 60.8 Å². The molecule has 1 unspecified atom stereocenters. The van der Waals surface area contributed by atoms with Gasteiger partial charge in [0.15, 0.2) is 5.76 Å². The summed E-state index contributed by atoms with van der Waals surface area (Å²) >= 11 is 0. The maximum atomic E-state index is 12.5. The molecule has 1 atom stereocenters. The van der Waals surface area contributed by atoms with Gasteiger partial charge in [0.25, 0.3) is 11.6 Å². The summed E-state index contributed by atoms with van der Waals surface area (Å²) in [6, 6.07) is 23.9. The largest absolute Gasteiger partial charge is 0.455 e. The molecule has 8 heteroatoms. The van der Waals surface area contributed by atoms with Gasteiger partial charge in [0.05, 0.1) is 17.5 Å². The third-order valence-electron chi connectivity index (χ3n) is 6.10. The van der Waals surface area contributed by atoms with Crippen LogP contribution in [-0.4, -0.2) is 26.8 Å². The number of nitro benzene ring substituents is 1. The molecular formula is C26H24N4O4. The molecule has 0 fully saturated rings. The smallest absolute Gasteiger partial charge is 0.287 e. The van der Waals surface area contributed by atoms with Crippen molar-refractivity contribution in [2.75, 3.05) is 6.54 Å². The number of nitro groups is 1. The molecule has 0 saturated heterocycles. The van der Waals surface area contributed by atoms with Gasteiger partial charge in [0.2, 0.25) is 0 Å². The molecule has 1 aliphatic rings. The third-order valence-corrected chi connectivity index (χ3v) is 6.10. The number of rotatable bonds is 7. The highest BCUT2D eigenvalue weighted by Gasteiger charge is 2.30. The number of aromatic nitrogens is 1. The second-order valence-electron chi connectivity index (χ2n) is 8.28. The zero-order chi connectivity index (χ0) is 23.5. The minimum atomic E-state index is -0.391. The van der Waals surface area contributed by atoms with Crippen LogP contribution in [-0.2, 0) is 19.6 Å². The van der Waals surface area contributed by atoms with Crippen LogP contribution < -0.4 is 5.32 Å². The molecule has 2 aromatic heterocycles. The summed E-state index contributed by atoms with van der Waals surface area (Å²) in [6.07, 6.45) is 2.05. The van der Waals surface area contributed by atoms with Crippen molar-refractivity contribution in [2.45, 2.75) is 25.7 Å². The monoisotopic (exact) mass is 456 g/mol. The molecule has 0 radical (unpaired) electrons. The van der Waals surface area contributed by atoms with Gasteiger partial charge in [-0.15, -0.1) is 0 Å². The van der Waals surface area contributed by atoms with E-state index in [2.05, 4.69) is 20.9 Å². The number of non-ortho nitro benzene ring substituents is 1. The summed E-state index contributed by atoms with van der Waals surface area (Å²) < 4.78 is 8.09. The summed E-state index contributed by atoms with van der Waals surface area (Å²) in [5.74, 6) is 0.713. The Morgan fingerprint density at radius 3 is 2.56 bits per heavy atom. The number of benzene rings is 2. The van der Waals surface area contributed by atoms with Crippen molar-refractivity contribution in [1.82, 2.24) is 14.8 Å². The summed E-state index contributed by atoms with van der Waals surface area (Å²) in [6.45, 7) is 2.55. The van der Waals surface area contributed by atoms with E-state index >= 15 is 0 Å². The van der Waals surface area contributed by atoms with Crippen LogP contribution in [0, 0.1) is 10.1 Å². The maximum absolute atomic E-state index is 12.5. The first-order chi connectivity index (χ1) is 16.6. The van der Waals surface area contributed by atoms with Gasteiger partial charge in [-0.2, -0.15) is 0 Å². The molecule has 4 aromatic rings. The lowest BCUT2D eigenvalue weighted by Crippen LogP contribution is -2.37. The second kappa shape index (κ2) is 9.36. The SMILES string of the molecule is O=C(NCc1ccccc1)c1ccc(CN2CCn3cccc3C2c2ccc([N+](=O)[O-])cc2)o1. The van der Waals surface area contributed by atoms with Gasteiger partial charge >= 0.3 is 0 Å². The number of furan rings is 1. The molecule has 1 N–H and O–H groups in total. The quantitative estimate of drug-likeness (QED) is 0.326. The van der Waals surface area contributed by atoms with Crippen LogP contribution in [0.2, 0.25) is 0 Å². The van der Waals surface area contributed by atoms with Crippen LogP contribution in [0.15, 0.2) is 89.5 Å². The number of nitrogens with one attached hydrogen (secondary N) is 1. The topological polar surface area (TPSA) is 93.5 Å². The summed E-state index contributed by atoms with van der Waals surface area (Å²) in [4.78, 5) is 25.5. The van der Waals surface area contributed by atoms with Crippen LogP contribution in [0.5, 0.6) is 0 Å². The number of amides is 1. The predicted molar refractivity (Wildman–Crippen MR) is 126 cm³/mol. The Bertz CT molecular complexity index is 1290. The number of carbonyl (C=O) groups is 1. The number of carbonyl (C=O) groups excluding carboxylic acids is 1. The van der Waals surface area contributed by atoms with Crippen molar-refractivity contribution in [3.63, 3.8) is 0 Å². The Kier molecular flexibility index (Phi) is 5.97.